The van der Waals surface area contributed by atoms with Crippen LogP contribution in [-0.4, -0.2) is 7.05 Å². The molecule has 2 aromatic rings. The van der Waals surface area contributed by atoms with E-state index in [0.717, 1.165) is 30.0 Å². The number of nitrogens with one attached hydrogen (secondary N) is 1. The van der Waals surface area contributed by atoms with Gasteiger partial charge < -0.3 is 10.1 Å². The summed E-state index contributed by atoms with van der Waals surface area (Å²) in [5, 5.41) is 3.84. The third kappa shape index (κ3) is 3.99. The van der Waals surface area contributed by atoms with Crippen LogP contribution >= 0.6 is 11.6 Å². The van der Waals surface area contributed by atoms with Crippen LogP contribution in [0.2, 0.25) is 5.02 Å². The topological polar surface area (TPSA) is 21.3 Å². The Morgan fingerprint density at radius 3 is 2.62 bits per heavy atom. The molecule has 0 aliphatic carbocycles. The Morgan fingerprint density at radius 1 is 1.14 bits per heavy atom. The summed E-state index contributed by atoms with van der Waals surface area (Å²) in [6, 6.07) is 14.0. The molecule has 1 atom stereocenters. The molecule has 0 saturated carbocycles. The lowest BCUT2D eigenvalue weighted by atomic mass is 9.98. The van der Waals surface area contributed by atoms with E-state index in [1.807, 2.05) is 37.4 Å². The molecule has 1 unspecified atom stereocenters. The van der Waals surface area contributed by atoms with Crippen LogP contribution < -0.4 is 10.1 Å². The van der Waals surface area contributed by atoms with Crippen LogP contribution in [0.5, 0.6) is 11.5 Å². The molecule has 0 fully saturated rings. The monoisotopic (exact) mass is 303 g/mol. The highest BCUT2D eigenvalue weighted by Gasteiger charge is 2.12. The number of halogens is 1. The molecule has 2 aromatic carbocycles. The van der Waals surface area contributed by atoms with Crippen molar-refractivity contribution in [2.45, 2.75) is 32.7 Å². The van der Waals surface area contributed by atoms with Gasteiger partial charge in [0.05, 0.1) is 0 Å². The van der Waals surface area contributed by atoms with Crippen LogP contribution in [0, 0.1) is 0 Å². The van der Waals surface area contributed by atoms with Crippen molar-refractivity contribution in [3.63, 3.8) is 0 Å². The van der Waals surface area contributed by atoms with Gasteiger partial charge in [-0.25, -0.2) is 0 Å². The average Bonchev–Trinajstić information content (AvgIpc) is 2.50. The van der Waals surface area contributed by atoms with Gasteiger partial charge in [0.1, 0.15) is 11.5 Å². The van der Waals surface area contributed by atoms with Crippen LogP contribution in [0.4, 0.5) is 0 Å². The number of benzene rings is 2. The molecule has 0 bridgehead atoms. The molecule has 0 aromatic heterocycles. The quantitative estimate of drug-likeness (QED) is 0.775. The molecule has 0 aliphatic heterocycles. The lowest BCUT2D eigenvalue weighted by molar-refractivity contribution is 0.463. The molecule has 0 aliphatic rings. The summed E-state index contributed by atoms with van der Waals surface area (Å²) in [6.45, 7) is 5.15. The minimum Gasteiger partial charge on any atom is -0.457 e. The van der Waals surface area contributed by atoms with Crippen LogP contribution in [0.1, 0.15) is 37.3 Å². The van der Waals surface area contributed by atoms with Gasteiger partial charge in [0.25, 0.3) is 0 Å². The molecule has 21 heavy (non-hydrogen) atoms. The highest BCUT2D eigenvalue weighted by atomic mass is 35.5. The summed E-state index contributed by atoms with van der Waals surface area (Å²) < 4.78 is 6.17. The molecule has 3 heteroatoms. The van der Waals surface area contributed by atoms with E-state index in [1.165, 1.54) is 5.56 Å². The van der Waals surface area contributed by atoms with E-state index < -0.39 is 0 Å². The number of para-hydroxylation sites is 1. The van der Waals surface area contributed by atoms with Crippen molar-refractivity contribution < 1.29 is 4.74 Å². The lowest BCUT2D eigenvalue weighted by Gasteiger charge is -2.17. The molecule has 2 nitrogen and oxygen atoms in total. The second-order valence-corrected chi connectivity index (χ2v) is 5.67. The summed E-state index contributed by atoms with van der Waals surface area (Å²) in [7, 11) is 1.92. The van der Waals surface area contributed by atoms with Crippen LogP contribution in [0.25, 0.3) is 0 Å². The molecule has 2 rings (SSSR count). The van der Waals surface area contributed by atoms with Crippen molar-refractivity contribution in [3.8, 4) is 11.5 Å². The van der Waals surface area contributed by atoms with Gasteiger partial charge in [-0.2, -0.15) is 0 Å². The minimum atomic E-state index is 0.466. The third-order valence-electron chi connectivity index (χ3n) is 3.68. The first-order chi connectivity index (χ1) is 10.2. The Hall–Kier alpha value is -1.51. The zero-order chi connectivity index (χ0) is 15.2. The van der Waals surface area contributed by atoms with E-state index in [0.29, 0.717) is 10.9 Å². The van der Waals surface area contributed by atoms with E-state index >= 15 is 0 Å². The largest absolute Gasteiger partial charge is 0.457 e. The summed E-state index contributed by atoms with van der Waals surface area (Å²) in [4.78, 5) is 0. The van der Waals surface area contributed by atoms with E-state index in [4.69, 9.17) is 16.3 Å². The maximum atomic E-state index is 6.17. The molecule has 0 spiro atoms. The Morgan fingerprint density at radius 2 is 1.90 bits per heavy atom. The SMILES string of the molecule is CCC(C)c1ccccc1Oc1cc(Cl)ccc1CNC. The number of rotatable bonds is 6. The van der Waals surface area contributed by atoms with Crippen molar-refractivity contribution >= 4 is 11.6 Å². The van der Waals surface area contributed by atoms with Gasteiger partial charge in [-0.05, 0) is 43.1 Å². The van der Waals surface area contributed by atoms with Crippen molar-refractivity contribution in [1.29, 1.82) is 0 Å². The second kappa shape index (κ2) is 7.48. The first kappa shape index (κ1) is 15.9. The molecule has 0 amide bonds. The predicted molar refractivity (Wildman–Crippen MR) is 89.4 cm³/mol. The highest BCUT2D eigenvalue weighted by molar-refractivity contribution is 6.30. The number of hydrogen-bond donors (Lipinski definition) is 1. The maximum Gasteiger partial charge on any atom is 0.133 e. The van der Waals surface area contributed by atoms with Gasteiger partial charge in [0.15, 0.2) is 0 Å². The molecular formula is C18H22ClNO. The average molecular weight is 304 g/mol. The summed E-state index contributed by atoms with van der Waals surface area (Å²) >= 11 is 6.11. The van der Waals surface area contributed by atoms with Gasteiger partial charge in [0, 0.05) is 17.1 Å². The Labute approximate surface area is 132 Å². The molecular weight excluding hydrogens is 282 g/mol. The van der Waals surface area contributed by atoms with Gasteiger partial charge in [-0.15, -0.1) is 0 Å². The van der Waals surface area contributed by atoms with Gasteiger partial charge >= 0.3 is 0 Å². The Bertz CT molecular complexity index is 598. The first-order valence-electron chi connectivity index (χ1n) is 7.35. The van der Waals surface area contributed by atoms with Crippen molar-refractivity contribution in [1.82, 2.24) is 5.32 Å². The standard InChI is InChI=1S/C18H22ClNO/c1-4-13(2)16-7-5-6-8-17(16)21-18-11-15(19)10-9-14(18)12-20-3/h5-11,13,20H,4,12H2,1-3H3. The minimum absolute atomic E-state index is 0.466. The van der Waals surface area contributed by atoms with Gasteiger partial charge in [-0.3, -0.25) is 0 Å². The van der Waals surface area contributed by atoms with Crippen LogP contribution in [-0.2, 0) is 6.54 Å². The first-order valence-corrected chi connectivity index (χ1v) is 7.73. The summed E-state index contributed by atoms with van der Waals surface area (Å²) in [5.41, 5.74) is 2.33. The van der Waals surface area contributed by atoms with Gasteiger partial charge in [0.2, 0.25) is 0 Å². The fourth-order valence-corrected chi connectivity index (χ4v) is 2.44. The fourth-order valence-electron chi connectivity index (χ4n) is 2.28. The van der Waals surface area contributed by atoms with E-state index in [-0.39, 0.29) is 0 Å². The summed E-state index contributed by atoms with van der Waals surface area (Å²) in [5.74, 6) is 2.19. The van der Waals surface area contributed by atoms with E-state index in [9.17, 15) is 0 Å². The van der Waals surface area contributed by atoms with Gasteiger partial charge in [-0.1, -0.05) is 49.7 Å². The highest BCUT2D eigenvalue weighted by Crippen LogP contribution is 2.34. The molecule has 112 valence electrons. The molecule has 0 heterocycles. The van der Waals surface area contributed by atoms with Crippen molar-refractivity contribution in [2.24, 2.45) is 0 Å². The number of hydrogen-bond acceptors (Lipinski definition) is 2. The van der Waals surface area contributed by atoms with Crippen LogP contribution in [0.3, 0.4) is 0 Å². The fraction of sp³-hybridized carbons (Fsp3) is 0.333. The van der Waals surface area contributed by atoms with Crippen molar-refractivity contribution in [2.75, 3.05) is 7.05 Å². The summed E-state index contributed by atoms with van der Waals surface area (Å²) in [6.07, 6.45) is 1.08. The van der Waals surface area contributed by atoms with E-state index in [1.54, 1.807) is 0 Å². The molecule has 0 saturated heterocycles. The van der Waals surface area contributed by atoms with Crippen molar-refractivity contribution in [3.05, 3.63) is 58.6 Å². The van der Waals surface area contributed by atoms with Crippen LogP contribution in [0.15, 0.2) is 42.5 Å². The second-order valence-electron chi connectivity index (χ2n) is 5.23. The molecule has 0 radical (unpaired) electrons. The van der Waals surface area contributed by atoms with E-state index in [2.05, 4.69) is 31.3 Å². The normalized spacial score (nSPS) is 12.2. The lowest BCUT2D eigenvalue weighted by Crippen LogP contribution is -2.06. The zero-order valence-corrected chi connectivity index (χ0v) is 13.6. The Balaban J connectivity index is 2.36. The Kier molecular flexibility index (Phi) is 5.66. The number of ether oxygens (including phenoxy) is 1. The molecule has 1 N–H and O–H groups in total. The maximum absolute atomic E-state index is 6.17. The predicted octanol–water partition coefficient (Wildman–Crippen LogP) is 5.37. The third-order valence-corrected chi connectivity index (χ3v) is 3.91. The smallest absolute Gasteiger partial charge is 0.133 e. The zero-order valence-electron chi connectivity index (χ0n) is 12.8.